The first-order valence-electron chi connectivity index (χ1n) is 19.2. The predicted octanol–water partition coefficient (Wildman–Crippen LogP) is 3.44. The quantitative estimate of drug-likeness (QED) is 0.291. The minimum absolute atomic E-state index is 0.0457. The lowest BCUT2D eigenvalue weighted by Crippen LogP contribution is -2.60. The van der Waals surface area contributed by atoms with E-state index in [9.17, 15) is 28.8 Å². The van der Waals surface area contributed by atoms with E-state index in [0.29, 0.717) is 37.2 Å². The topological polar surface area (TPSA) is 155 Å². The van der Waals surface area contributed by atoms with Gasteiger partial charge in [0.1, 0.15) is 42.6 Å². The molecule has 0 spiro atoms. The van der Waals surface area contributed by atoms with E-state index in [-0.39, 0.29) is 25.3 Å². The Labute approximate surface area is 324 Å². The molecule has 2 aromatic rings. The van der Waals surface area contributed by atoms with Crippen LogP contribution in [-0.4, -0.2) is 114 Å². The lowest BCUT2D eigenvalue weighted by atomic mass is 9.95. The van der Waals surface area contributed by atoms with E-state index in [1.165, 1.54) is 42.6 Å². The molecule has 2 aromatic carbocycles. The maximum Gasteiger partial charge on any atom is 0.329 e. The van der Waals surface area contributed by atoms with Crippen LogP contribution < -0.4 is 15.4 Å². The Balaban J connectivity index is 1.73. The molecule has 5 amide bonds. The molecule has 2 heterocycles. The summed E-state index contributed by atoms with van der Waals surface area (Å²) in [6.45, 7) is 11.4. The van der Waals surface area contributed by atoms with Gasteiger partial charge in [-0.1, -0.05) is 68.3 Å². The van der Waals surface area contributed by atoms with Crippen molar-refractivity contribution in [3.8, 4) is 5.75 Å². The highest BCUT2D eigenvalue weighted by atomic mass is 16.6. The molecule has 2 N–H and O–H groups in total. The second-order valence-corrected chi connectivity index (χ2v) is 14.9. The van der Waals surface area contributed by atoms with E-state index in [2.05, 4.69) is 10.6 Å². The number of nitrogens with one attached hydrogen (secondary N) is 2. The van der Waals surface area contributed by atoms with Gasteiger partial charge in [0.2, 0.25) is 23.6 Å². The van der Waals surface area contributed by atoms with Crippen molar-refractivity contribution in [2.75, 3.05) is 27.2 Å². The molecule has 2 aliphatic rings. The number of likely N-dealkylation sites (N-methyl/N-ethyl adjacent to an activating group) is 2. The predicted molar refractivity (Wildman–Crippen MR) is 208 cm³/mol. The second kappa shape index (κ2) is 19.4. The Morgan fingerprint density at radius 1 is 0.855 bits per heavy atom. The SMILES string of the molecule is CC[C@@H](C)[C@H]1C(=O)N[C@@H](Cc2ccc(OCC=C(C)C)cc2)C(=O)N(C)[C@@H](C)C(=O)O[C@H](Cc2ccccc2)C(=O)N2CCC[C@H]2C(=O)N[C@@H](C)C(=O)N1C. The van der Waals surface area contributed by atoms with Gasteiger partial charge in [-0.15, -0.1) is 0 Å². The molecule has 0 unspecified atom stereocenters. The molecule has 4 rings (SSSR count). The van der Waals surface area contributed by atoms with Gasteiger partial charge in [-0.25, -0.2) is 4.79 Å². The Hall–Kier alpha value is -5.20. The van der Waals surface area contributed by atoms with Crippen molar-refractivity contribution in [2.45, 2.75) is 110 Å². The number of hydrogen-bond donors (Lipinski definition) is 2. The molecule has 298 valence electrons. The van der Waals surface area contributed by atoms with Crippen molar-refractivity contribution in [3.05, 3.63) is 77.4 Å². The minimum atomic E-state index is -1.29. The molecule has 2 saturated heterocycles. The number of nitrogens with zero attached hydrogens (tertiary/aromatic N) is 3. The highest BCUT2D eigenvalue weighted by molar-refractivity contribution is 5.97. The van der Waals surface area contributed by atoms with Crippen molar-refractivity contribution < 1.29 is 38.2 Å². The molecule has 2 aliphatic heterocycles. The Morgan fingerprint density at radius 2 is 1.51 bits per heavy atom. The van der Waals surface area contributed by atoms with Crippen LogP contribution >= 0.6 is 0 Å². The summed E-state index contributed by atoms with van der Waals surface area (Å²) in [7, 11) is 2.96. The molecular formula is C42H57N5O8. The normalized spacial score (nSPS) is 25.3. The van der Waals surface area contributed by atoms with Gasteiger partial charge >= 0.3 is 5.97 Å². The van der Waals surface area contributed by atoms with E-state index in [4.69, 9.17) is 9.47 Å². The van der Waals surface area contributed by atoms with E-state index in [0.717, 1.165) is 11.1 Å². The first kappa shape index (κ1) is 42.5. The van der Waals surface area contributed by atoms with Crippen LogP contribution in [0.5, 0.6) is 5.75 Å². The average Bonchev–Trinajstić information content (AvgIpc) is 3.67. The summed E-state index contributed by atoms with van der Waals surface area (Å²) < 4.78 is 11.7. The highest BCUT2D eigenvalue weighted by Crippen LogP contribution is 2.23. The summed E-state index contributed by atoms with van der Waals surface area (Å²) in [6, 6.07) is 11.0. The van der Waals surface area contributed by atoms with Crippen molar-refractivity contribution >= 4 is 35.5 Å². The van der Waals surface area contributed by atoms with Crippen LogP contribution in [0.1, 0.15) is 71.9 Å². The molecule has 0 saturated carbocycles. The zero-order valence-electron chi connectivity index (χ0n) is 33.4. The van der Waals surface area contributed by atoms with Crippen LogP contribution in [0.15, 0.2) is 66.2 Å². The van der Waals surface area contributed by atoms with E-state index in [1.54, 1.807) is 24.3 Å². The third-order valence-electron chi connectivity index (χ3n) is 10.6. The van der Waals surface area contributed by atoms with Gasteiger partial charge in [0.25, 0.3) is 5.91 Å². The highest BCUT2D eigenvalue weighted by Gasteiger charge is 2.42. The number of cyclic esters (lactones) is 1. The van der Waals surface area contributed by atoms with Gasteiger partial charge in [-0.2, -0.15) is 0 Å². The van der Waals surface area contributed by atoms with Crippen molar-refractivity contribution in [1.29, 1.82) is 0 Å². The summed E-state index contributed by atoms with van der Waals surface area (Å²) in [6.07, 6.45) is 2.21. The molecule has 13 nitrogen and oxygen atoms in total. The monoisotopic (exact) mass is 759 g/mol. The zero-order valence-corrected chi connectivity index (χ0v) is 33.4. The lowest BCUT2D eigenvalue weighted by Gasteiger charge is -2.36. The Kier molecular flexibility index (Phi) is 15.0. The summed E-state index contributed by atoms with van der Waals surface area (Å²) in [5.41, 5.74) is 2.58. The van der Waals surface area contributed by atoms with E-state index < -0.39 is 71.8 Å². The molecule has 55 heavy (non-hydrogen) atoms. The maximum absolute atomic E-state index is 14.4. The number of fused-ring (bicyclic) bond motifs is 1. The number of carbonyl (C=O) groups is 6. The average molecular weight is 760 g/mol. The van der Waals surface area contributed by atoms with Crippen molar-refractivity contribution in [2.24, 2.45) is 5.92 Å². The van der Waals surface area contributed by atoms with E-state index >= 15 is 0 Å². The van der Waals surface area contributed by atoms with Crippen LogP contribution in [-0.2, 0) is 46.3 Å². The molecule has 13 heteroatoms. The number of rotatable bonds is 9. The minimum Gasteiger partial charge on any atom is -0.490 e. The molecule has 0 bridgehead atoms. The van der Waals surface area contributed by atoms with Gasteiger partial charge in [0.15, 0.2) is 6.10 Å². The van der Waals surface area contributed by atoms with Crippen LogP contribution in [0.2, 0.25) is 0 Å². The fourth-order valence-corrected chi connectivity index (χ4v) is 6.90. The number of allylic oxidation sites excluding steroid dienone is 1. The smallest absolute Gasteiger partial charge is 0.329 e. The number of carbonyl (C=O) groups excluding carboxylic acids is 6. The fourth-order valence-electron chi connectivity index (χ4n) is 6.90. The van der Waals surface area contributed by atoms with Crippen LogP contribution in [0.3, 0.4) is 0 Å². The number of hydrogen-bond acceptors (Lipinski definition) is 8. The number of amides is 5. The maximum atomic E-state index is 14.4. The van der Waals surface area contributed by atoms with Crippen LogP contribution in [0.4, 0.5) is 0 Å². The van der Waals surface area contributed by atoms with Crippen LogP contribution in [0.25, 0.3) is 0 Å². The lowest BCUT2D eigenvalue weighted by molar-refractivity contribution is -0.166. The summed E-state index contributed by atoms with van der Waals surface area (Å²) >= 11 is 0. The molecule has 2 fully saturated rings. The molecule has 0 radical (unpaired) electrons. The molecular weight excluding hydrogens is 702 g/mol. The first-order chi connectivity index (χ1) is 26.1. The van der Waals surface area contributed by atoms with Gasteiger partial charge in [0, 0.05) is 33.5 Å². The third-order valence-corrected chi connectivity index (χ3v) is 10.6. The van der Waals surface area contributed by atoms with Gasteiger partial charge in [0.05, 0.1) is 0 Å². The molecule has 0 aliphatic carbocycles. The number of ether oxygens (including phenoxy) is 2. The van der Waals surface area contributed by atoms with Gasteiger partial charge < -0.3 is 34.8 Å². The zero-order chi connectivity index (χ0) is 40.4. The van der Waals surface area contributed by atoms with E-state index in [1.807, 2.05) is 64.1 Å². The summed E-state index contributed by atoms with van der Waals surface area (Å²) in [4.78, 5) is 88.1. The Morgan fingerprint density at radius 3 is 2.15 bits per heavy atom. The largest absolute Gasteiger partial charge is 0.490 e. The summed E-state index contributed by atoms with van der Waals surface area (Å²) in [5, 5.41) is 5.67. The molecule has 0 aromatic heterocycles. The van der Waals surface area contributed by atoms with Crippen molar-refractivity contribution in [1.82, 2.24) is 25.3 Å². The standard InChI is InChI=1S/C42H57N5O8/c1-9-27(4)36-38(49)44-33(24-31-17-19-32(20-18-31)54-23-21-26(2)3)40(51)45(7)29(6)42(53)55-35(25-30-14-11-10-12-15-30)41(52)47-22-13-16-34(47)37(48)43-28(5)39(50)46(36)8/h10-12,14-15,17-21,27-29,33-36H,9,13,16,22-25H2,1-8H3,(H,43,48)(H,44,49)/t27-,28+,29+,33+,34+,35-,36+/m1/s1. The number of benzene rings is 2. The van der Waals surface area contributed by atoms with Crippen molar-refractivity contribution in [3.63, 3.8) is 0 Å². The fraction of sp³-hybridized carbons (Fsp3) is 0.524. The summed E-state index contributed by atoms with van der Waals surface area (Å²) in [5.74, 6) is -3.18. The Bertz CT molecular complexity index is 1710. The van der Waals surface area contributed by atoms with Crippen LogP contribution in [0, 0.1) is 5.92 Å². The van der Waals surface area contributed by atoms with Gasteiger partial charge in [-0.05, 0) is 75.8 Å². The number of esters is 1. The van der Waals surface area contributed by atoms with Gasteiger partial charge in [-0.3, -0.25) is 24.0 Å². The second-order valence-electron chi connectivity index (χ2n) is 14.9. The molecule has 7 atom stereocenters. The third kappa shape index (κ3) is 10.9. The first-order valence-corrected chi connectivity index (χ1v) is 19.2.